The lowest BCUT2D eigenvalue weighted by Crippen LogP contribution is -2.62. The second-order valence-corrected chi connectivity index (χ2v) is 5.43. The quantitative estimate of drug-likeness (QED) is 0.455. The number of thiocarbonyl (C=S) groups is 1. The molecule has 1 fully saturated rings. The lowest BCUT2D eigenvalue weighted by Gasteiger charge is -2.34. The van der Waals surface area contributed by atoms with Crippen molar-refractivity contribution in [2.45, 2.75) is 40.0 Å². The van der Waals surface area contributed by atoms with Crippen LogP contribution in [0.3, 0.4) is 0 Å². The Kier molecular flexibility index (Phi) is 5.02. The highest BCUT2D eigenvalue weighted by Crippen LogP contribution is 2.33. The first-order chi connectivity index (χ1) is 8.42. The van der Waals surface area contributed by atoms with Crippen molar-refractivity contribution in [1.82, 2.24) is 10.6 Å². The van der Waals surface area contributed by atoms with Crippen LogP contribution in [-0.4, -0.2) is 16.9 Å². The van der Waals surface area contributed by atoms with E-state index in [1.807, 2.05) is 19.1 Å². The highest BCUT2D eigenvalue weighted by atomic mass is 32.1. The standard InChI is InChI=1S/C13H20N2O2S/c1-4-5-7-13(8-6-9(2)3)10(16)14-12(18)15-11(13)17/h4-5,9H,6-8H2,1-3H3,(H2,14,15,16,17,18)/b5-4+. The van der Waals surface area contributed by atoms with Crippen molar-refractivity contribution in [3.63, 3.8) is 0 Å². The molecular weight excluding hydrogens is 248 g/mol. The monoisotopic (exact) mass is 268 g/mol. The molecule has 0 bridgehead atoms. The molecule has 0 unspecified atom stereocenters. The molecule has 1 aliphatic heterocycles. The predicted molar refractivity (Wildman–Crippen MR) is 74.8 cm³/mol. The van der Waals surface area contributed by atoms with Gasteiger partial charge < -0.3 is 10.6 Å². The smallest absolute Gasteiger partial charge is 0.242 e. The molecule has 2 amide bonds. The van der Waals surface area contributed by atoms with E-state index in [2.05, 4.69) is 24.5 Å². The maximum absolute atomic E-state index is 12.2. The molecule has 5 heteroatoms. The fraction of sp³-hybridized carbons (Fsp3) is 0.615. The third kappa shape index (κ3) is 3.16. The van der Waals surface area contributed by atoms with Crippen LogP contribution in [-0.2, 0) is 9.59 Å². The molecule has 0 spiro atoms. The second kappa shape index (κ2) is 6.09. The van der Waals surface area contributed by atoms with Crippen LogP contribution in [0.1, 0.15) is 40.0 Å². The van der Waals surface area contributed by atoms with E-state index < -0.39 is 5.41 Å². The highest BCUT2D eigenvalue weighted by molar-refractivity contribution is 7.80. The summed E-state index contributed by atoms with van der Waals surface area (Å²) in [4.78, 5) is 24.3. The Hall–Kier alpha value is -1.23. The minimum Gasteiger partial charge on any atom is -0.302 e. The van der Waals surface area contributed by atoms with E-state index in [1.54, 1.807) is 0 Å². The van der Waals surface area contributed by atoms with Crippen molar-refractivity contribution in [2.24, 2.45) is 11.3 Å². The Morgan fingerprint density at radius 3 is 2.28 bits per heavy atom. The predicted octanol–water partition coefficient (Wildman–Crippen LogP) is 1.91. The summed E-state index contributed by atoms with van der Waals surface area (Å²) in [6.07, 6.45) is 5.48. The van der Waals surface area contributed by atoms with Gasteiger partial charge in [0.25, 0.3) is 0 Å². The summed E-state index contributed by atoms with van der Waals surface area (Å²) in [6.45, 7) is 6.03. The number of carbonyl (C=O) groups is 2. The number of rotatable bonds is 5. The van der Waals surface area contributed by atoms with Crippen molar-refractivity contribution in [3.8, 4) is 0 Å². The third-order valence-corrected chi connectivity index (χ3v) is 3.38. The van der Waals surface area contributed by atoms with Gasteiger partial charge in [-0.05, 0) is 44.3 Å². The van der Waals surface area contributed by atoms with Crippen molar-refractivity contribution >= 4 is 29.1 Å². The lowest BCUT2D eigenvalue weighted by molar-refractivity contribution is -0.144. The minimum absolute atomic E-state index is 0.102. The average molecular weight is 268 g/mol. The number of amides is 2. The summed E-state index contributed by atoms with van der Waals surface area (Å²) >= 11 is 4.83. The molecule has 100 valence electrons. The van der Waals surface area contributed by atoms with Crippen molar-refractivity contribution < 1.29 is 9.59 Å². The zero-order valence-electron chi connectivity index (χ0n) is 11.1. The van der Waals surface area contributed by atoms with E-state index in [-0.39, 0.29) is 16.9 Å². The van der Waals surface area contributed by atoms with Crippen molar-refractivity contribution in [2.75, 3.05) is 0 Å². The molecule has 4 nitrogen and oxygen atoms in total. The summed E-state index contributed by atoms with van der Waals surface area (Å²) in [5, 5.41) is 5.22. The van der Waals surface area contributed by atoms with Crippen LogP contribution in [0.2, 0.25) is 0 Å². The molecule has 1 heterocycles. The van der Waals surface area contributed by atoms with E-state index in [4.69, 9.17) is 12.2 Å². The zero-order chi connectivity index (χ0) is 13.8. The fourth-order valence-corrected chi connectivity index (χ4v) is 2.13. The first-order valence-corrected chi connectivity index (χ1v) is 6.61. The first-order valence-electron chi connectivity index (χ1n) is 6.20. The topological polar surface area (TPSA) is 58.2 Å². The van der Waals surface area contributed by atoms with E-state index in [0.717, 1.165) is 6.42 Å². The van der Waals surface area contributed by atoms with Crippen molar-refractivity contribution in [1.29, 1.82) is 0 Å². The van der Waals surface area contributed by atoms with Gasteiger partial charge in [-0.25, -0.2) is 0 Å². The average Bonchev–Trinajstić information content (AvgIpc) is 2.27. The third-order valence-electron chi connectivity index (χ3n) is 3.17. The van der Waals surface area contributed by atoms with Crippen LogP contribution in [0, 0.1) is 11.3 Å². The SMILES string of the molecule is C/C=C/CC1(CCC(C)C)C(=O)NC(=S)NC1=O. The minimum atomic E-state index is -1.01. The lowest BCUT2D eigenvalue weighted by atomic mass is 9.75. The normalized spacial score (nSPS) is 19.2. The Morgan fingerprint density at radius 2 is 1.83 bits per heavy atom. The Labute approximate surface area is 113 Å². The van der Waals surface area contributed by atoms with E-state index in [0.29, 0.717) is 18.8 Å². The van der Waals surface area contributed by atoms with Crippen LogP contribution >= 0.6 is 12.2 Å². The molecule has 0 atom stereocenters. The molecule has 0 aromatic carbocycles. The number of hydrogen-bond donors (Lipinski definition) is 2. The molecule has 18 heavy (non-hydrogen) atoms. The Morgan fingerprint density at radius 1 is 1.28 bits per heavy atom. The summed E-state index contributed by atoms with van der Waals surface area (Å²) in [6, 6.07) is 0. The first kappa shape index (κ1) is 14.8. The molecule has 0 aliphatic carbocycles. The van der Waals surface area contributed by atoms with E-state index in [1.165, 1.54) is 0 Å². The number of nitrogens with one attached hydrogen (secondary N) is 2. The number of carbonyl (C=O) groups excluding carboxylic acids is 2. The molecule has 1 rings (SSSR count). The van der Waals surface area contributed by atoms with Gasteiger partial charge in [-0.15, -0.1) is 0 Å². The number of allylic oxidation sites excluding steroid dienone is 2. The summed E-state index contributed by atoms with van der Waals surface area (Å²) in [5.41, 5.74) is -1.01. The van der Waals surface area contributed by atoms with Gasteiger partial charge in [0.1, 0.15) is 5.41 Å². The molecule has 2 N–H and O–H groups in total. The largest absolute Gasteiger partial charge is 0.302 e. The van der Waals surface area contributed by atoms with E-state index >= 15 is 0 Å². The van der Waals surface area contributed by atoms with Crippen LogP contribution < -0.4 is 10.6 Å². The molecule has 0 saturated carbocycles. The van der Waals surface area contributed by atoms with Gasteiger partial charge in [0.15, 0.2) is 5.11 Å². The maximum Gasteiger partial charge on any atom is 0.242 e. The van der Waals surface area contributed by atoms with Gasteiger partial charge in [-0.3, -0.25) is 9.59 Å². The van der Waals surface area contributed by atoms with Gasteiger partial charge >= 0.3 is 0 Å². The molecule has 0 aromatic heterocycles. The van der Waals surface area contributed by atoms with Gasteiger partial charge in [0, 0.05) is 0 Å². The molecule has 0 radical (unpaired) electrons. The summed E-state index contributed by atoms with van der Waals surface area (Å²) in [5.74, 6) is -0.119. The van der Waals surface area contributed by atoms with Crippen LogP contribution in [0.5, 0.6) is 0 Å². The molecule has 1 aliphatic rings. The zero-order valence-corrected chi connectivity index (χ0v) is 11.9. The van der Waals surface area contributed by atoms with Gasteiger partial charge in [-0.2, -0.15) is 0 Å². The molecule has 1 saturated heterocycles. The van der Waals surface area contributed by atoms with Gasteiger partial charge in [0.2, 0.25) is 11.8 Å². The Balaban J connectivity index is 2.97. The summed E-state index contributed by atoms with van der Waals surface area (Å²) < 4.78 is 0. The maximum atomic E-state index is 12.2. The highest BCUT2D eigenvalue weighted by Gasteiger charge is 2.47. The van der Waals surface area contributed by atoms with Crippen LogP contribution in [0.4, 0.5) is 0 Å². The second-order valence-electron chi connectivity index (χ2n) is 5.03. The molecule has 0 aromatic rings. The Bertz CT molecular complexity index is 368. The molecular formula is C13H20N2O2S. The van der Waals surface area contributed by atoms with Crippen molar-refractivity contribution in [3.05, 3.63) is 12.2 Å². The summed E-state index contributed by atoms with van der Waals surface area (Å²) in [7, 11) is 0. The van der Waals surface area contributed by atoms with Gasteiger partial charge in [-0.1, -0.05) is 26.0 Å². The van der Waals surface area contributed by atoms with Crippen LogP contribution in [0.15, 0.2) is 12.2 Å². The fourth-order valence-electron chi connectivity index (χ4n) is 1.95. The number of hydrogen-bond acceptors (Lipinski definition) is 3. The van der Waals surface area contributed by atoms with Gasteiger partial charge in [0.05, 0.1) is 0 Å². The van der Waals surface area contributed by atoms with Crippen LogP contribution in [0.25, 0.3) is 0 Å². The van der Waals surface area contributed by atoms with E-state index in [9.17, 15) is 9.59 Å².